The molecule has 6 nitrogen and oxygen atoms in total. The number of pyridine rings is 1. The van der Waals surface area contributed by atoms with Gasteiger partial charge in [-0.3, -0.25) is 4.98 Å². The van der Waals surface area contributed by atoms with Crippen molar-refractivity contribution in [3.8, 4) is 5.69 Å². The molecule has 1 atom stereocenters. The van der Waals surface area contributed by atoms with Gasteiger partial charge in [-0.1, -0.05) is 29.4 Å². The second kappa shape index (κ2) is 6.34. The van der Waals surface area contributed by atoms with Crippen LogP contribution in [0, 0.1) is 6.92 Å². The largest absolute Gasteiger partial charge is 0.350 e. The molecule has 1 aromatic carbocycles. The molecule has 0 bridgehead atoms. The van der Waals surface area contributed by atoms with Gasteiger partial charge in [0.2, 0.25) is 5.95 Å². The van der Waals surface area contributed by atoms with Gasteiger partial charge in [0.05, 0.1) is 5.69 Å². The monoisotopic (exact) mass is 294 g/mol. The number of hydrogen-bond acceptors (Lipinski definition) is 5. The fourth-order valence-corrected chi connectivity index (χ4v) is 2.32. The van der Waals surface area contributed by atoms with Gasteiger partial charge in [0.15, 0.2) is 0 Å². The van der Waals surface area contributed by atoms with E-state index < -0.39 is 0 Å². The summed E-state index contributed by atoms with van der Waals surface area (Å²) in [6.45, 7) is 4.09. The Hall–Kier alpha value is -2.76. The van der Waals surface area contributed by atoms with Crippen molar-refractivity contribution < 1.29 is 0 Å². The average Bonchev–Trinajstić information content (AvgIpc) is 2.96. The SMILES string of the molecule is Cc1cccc(CC(C)Nc2nnnn2-c2ccccc2)n1. The van der Waals surface area contributed by atoms with Crippen molar-refractivity contribution in [1.82, 2.24) is 25.2 Å². The number of hydrogen-bond donors (Lipinski definition) is 1. The van der Waals surface area contributed by atoms with Crippen LogP contribution in [0.1, 0.15) is 18.3 Å². The Morgan fingerprint density at radius 2 is 1.91 bits per heavy atom. The summed E-state index contributed by atoms with van der Waals surface area (Å²) in [6.07, 6.45) is 0.809. The van der Waals surface area contributed by atoms with Crippen LogP contribution in [-0.2, 0) is 6.42 Å². The Kier molecular flexibility index (Phi) is 4.09. The quantitative estimate of drug-likeness (QED) is 0.782. The third-order valence-corrected chi connectivity index (χ3v) is 3.31. The van der Waals surface area contributed by atoms with E-state index in [1.54, 1.807) is 4.68 Å². The molecule has 3 rings (SSSR count). The second-order valence-corrected chi connectivity index (χ2v) is 5.27. The number of anilines is 1. The maximum atomic E-state index is 4.52. The molecule has 0 aliphatic heterocycles. The van der Waals surface area contributed by atoms with E-state index in [-0.39, 0.29) is 6.04 Å². The molecule has 0 aliphatic rings. The van der Waals surface area contributed by atoms with Crippen LogP contribution in [0.15, 0.2) is 48.5 Å². The van der Waals surface area contributed by atoms with Gasteiger partial charge in [0.25, 0.3) is 0 Å². The predicted molar refractivity (Wildman–Crippen MR) is 84.9 cm³/mol. The molecule has 0 saturated heterocycles. The van der Waals surface area contributed by atoms with Crippen molar-refractivity contribution in [3.63, 3.8) is 0 Å². The van der Waals surface area contributed by atoms with Crippen LogP contribution in [0.2, 0.25) is 0 Å². The summed E-state index contributed by atoms with van der Waals surface area (Å²) in [5, 5.41) is 15.2. The molecule has 0 amide bonds. The van der Waals surface area contributed by atoms with E-state index in [4.69, 9.17) is 0 Å². The number of aryl methyl sites for hydroxylation is 1. The van der Waals surface area contributed by atoms with Crippen molar-refractivity contribution in [2.24, 2.45) is 0 Å². The molecule has 6 heteroatoms. The standard InChI is InChI=1S/C16H18N6/c1-12-7-6-8-14(17-12)11-13(2)18-16-19-20-21-22(16)15-9-4-3-5-10-15/h3-10,13H,11H2,1-2H3,(H,18,19,21). The van der Waals surface area contributed by atoms with Gasteiger partial charge >= 0.3 is 0 Å². The van der Waals surface area contributed by atoms with E-state index >= 15 is 0 Å². The molecule has 2 aromatic heterocycles. The lowest BCUT2D eigenvalue weighted by molar-refractivity contribution is 0.741. The van der Waals surface area contributed by atoms with E-state index in [1.165, 1.54) is 0 Å². The lowest BCUT2D eigenvalue weighted by atomic mass is 10.1. The molecule has 2 heterocycles. The number of nitrogens with zero attached hydrogens (tertiary/aromatic N) is 5. The van der Waals surface area contributed by atoms with E-state index in [9.17, 15) is 0 Å². The molecule has 22 heavy (non-hydrogen) atoms. The van der Waals surface area contributed by atoms with Crippen molar-refractivity contribution >= 4 is 5.95 Å². The van der Waals surface area contributed by atoms with Crippen molar-refractivity contribution in [3.05, 3.63) is 59.9 Å². The molecule has 1 unspecified atom stereocenters. The van der Waals surface area contributed by atoms with Crippen LogP contribution < -0.4 is 5.32 Å². The third-order valence-electron chi connectivity index (χ3n) is 3.31. The lowest BCUT2D eigenvalue weighted by Crippen LogP contribution is -2.21. The second-order valence-electron chi connectivity index (χ2n) is 5.27. The minimum Gasteiger partial charge on any atom is -0.350 e. The molecule has 3 aromatic rings. The maximum absolute atomic E-state index is 4.52. The van der Waals surface area contributed by atoms with Crippen molar-refractivity contribution in [1.29, 1.82) is 0 Å². The van der Waals surface area contributed by atoms with E-state index in [2.05, 4.69) is 32.7 Å². The fourth-order valence-electron chi connectivity index (χ4n) is 2.32. The molecule has 0 saturated carbocycles. The van der Waals surface area contributed by atoms with Crippen LogP contribution >= 0.6 is 0 Å². The maximum Gasteiger partial charge on any atom is 0.247 e. The van der Waals surface area contributed by atoms with Crippen LogP contribution in [0.3, 0.4) is 0 Å². The minimum absolute atomic E-state index is 0.169. The van der Waals surface area contributed by atoms with Gasteiger partial charge in [-0.15, -0.1) is 0 Å². The minimum atomic E-state index is 0.169. The number of aromatic nitrogens is 5. The van der Waals surface area contributed by atoms with Gasteiger partial charge < -0.3 is 5.32 Å². The van der Waals surface area contributed by atoms with Crippen LogP contribution in [0.25, 0.3) is 5.69 Å². The number of nitrogens with one attached hydrogen (secondary N) is 1. The average molecular weight is 294 g/mol. The molecule has 1 N–H and O–H groups in total. The summed E-state index contributed by atoms with van der Waals surface area (Å²) in [5.41, 5.74) is 3.01. The zero-order chi connectivity index (χ0) is 15.4. The normalized spacial score (nSPS) is 12.1. The summed E-state index contributed by atoms with van der Waals surface area (Å²) in [4.78, 5) is 4.52. The molecule has 0 spiro atoms. The number of tetrazole rings is 1. The Labute approximate surface area is 129 Å². The molecule has 112 valence electrons. The van der Waals surface area contributed by atoms with Crippen LogP contribution in [-0.4, -0.2) is 31.2 Å². The zero-order valence-corrected chi connectivity index (χ0v) is 12.6. The van der Waals surface area contributed by atoms with Gasteiger partial charge in [0, 0.05) is 23.9 Å². The number of rotatable bonds is 5. The van der Waals surface area contributed by atoms with Gasteiger partial charge in [-0.25, -0.2) is 0 Å². The molecular formula is C16H18N6. The van der Waals surface area contributed by atoms with Gasteiger partial charge in [0.1, 0.15) is 0 Å². The molecule has 0 radical (unpaired) electrons. The summed E-state index contributed by atoms with van der Waals surface area (Å²) < 4.78 is 1.69. The number of para-hydroxylation sites is 1. The van der Waals surface area contributed by atoms with Crippen LogP contribution in [0.4, 0.5) is 5.95 Å². The first-order valence-corrected chi connectivity index (χ1v) is 7.25. The van der Waals surface area contributed by atoms with Crippen molar-refractivity contribution in [2.75, 3.05) is 5.32 Å². The first-order chi connectivity index (χ1) is 10.7. The highest BCUT2D eigenvalue weighted by molar-refractivity contribution is 5.38. The third kappa shape index (κ3) is 3.28. The number of benzene rings is 1. The highest BCUT2D eigenvalue weighted by Crippen LogP contribution is 2.12. The highest BCUT2D eigenvalue weighted by atomic mass is 15.6. The first-order valence-electron chi connectivity index (χ1n) is 7.25. The summed E-state index contributed by atoms with van der Waals surface area (Å²) in [5.74, 6) is 0.631. The van der Waals surface area contributed by atoms with Crippen LogP contribution in [0.5, 0.6) is 0 Å². The van der Waals surface area contributed by atoms with Crippen molar-refractivity contribution in [2.45, 2.75) is 26.3 Å². The van der Waals surface area contributed by atoms with Gasteiger partial charge in [-0.05, 0) is 48.5 Å². The van der Waals surface area contributed by atoms with Gasteiger partial charge in [-0.2, -0.15) is 4.68 Å². The topological polar surface area (TPSA) is 68.5 Å². The van der Waals surface area contributed by atoms with E-state index in [0.717, 1.165) is 23.5 Å². The smallest absolute Gasteiger partial charge is 0.247 e. The zero-order valence-electron chi connectivity index (χ0n) is 12.6. The Balaban J connectivity index is 1.73. The lowest BCUT2D eigenvalue weighted by Gasteiger charge is -2.14. The summed E-state index contributed by atoms with van der Waals surface area (Å²) in [7, 11) is 0. The summed E-state index contributed by atoms with van der Waals surface area (Å²) in [6, 6.07) is 16.0. The summed E-state index contributed by atoms with van der Waals surface area (Å²) >= 11 is 0. The molecule has 0 fully saturated rings. The Bertz CT molecular complexity index is 737. The molecule has 0 aliphatic carbocycles. The highest BCUT2D eigenvalue weighted by Gasteiger charge is 2.12. The van der Waals surface area contributed by atoms with E-state index in [0.29, 0.717) is 5.95 Å². The molecular weight excluding hydrogens is 276 g/mol. The Morgan fingerprint density at radius 3 is 2.68 bits per heavy atom. The Morgan fingerprint density at radius 1 is 1.09 bits per heavy atom. The fraction of sp³-hybridized carbons (Fsp3) is 0.250. The van der Waals surface area contributed by atoms with E-state index in [1.807, 2.05) is 55.5 Å². The predicted octanol–water partition coefficient (Wildman–Crippen LogP) is 2.41. The first kappa shape index (κ1) is 14.2.